The maximum absolute atomic E-state index is 11.1. The number of H-pyrrole nitrogens is 1. The van der Waals surface area contributed by atoms with Gasteiger partial charge in [0.05, 0.1) is 11.9 Å². The number of rotatable bonds is 2. The number of pyridine rings is 1. The Kier molecular flexibility index (Phi) is 2.91. The number of hydrogen-bond donors (Lipinski definition) is 2. The first kappa shape index (κ1) is 10.7. The van der Waals surface area contributed by atoms with Crippen LogP contribution in [0.1, 0.15) is 5.56 Å². The molecular weight excluding hydrogens is 224 g/mol. The van der Waals surface area contributed by atoms with Crippen molar-refractivity contribution in [1.29, 1.82) is 0 Å². The fourth-order valence-electron chi connectivity index (χ4n) is 1.10. The Morgan fingerprint density at radius 2 is 2.25 bits per heavy atom. The molecule has 16 heavy (non-hydrogen) atoms. The average molecular weight is 234 g/mol. The largest absolute Gasteiger partial charge is 0.397 e. The summed E-state index contributed by atoms with van der Waals surface area (Å²) in [6.07, 6.45) is 3.06. The second kappa shape index (κ2) is 4.36. The smallest absolute Gasteiger partial charge is 0.251 e. The van der Waals surface area contributed by atoms with Crippen molar-refractivity contribution in [3.05, 3.63) is 40.4 Å². The van der Waals surface area contributed by atoms with Crippen molar-refractivity contribution in [2.45, 2.75) is 17.1 Å². The van der Waals surface area contributed by atoms with Gasteiger partial charge in [-0.25, -0.2) is 9.97 Å². The van der Waals surface area contributed by atoms with Crippen LogP contribution in [-0.4, -0.2) is 15.0 Å². The Hall–Kier alpha value is -1.82. The van der Waals surface area contributed by atoms with E-state index in [2.05, 4.69) is 15.0 Å². The van der Waals surface area contributed by atoms with Gasteiger partial charge in [-0.05, 0) is 30.3 Å². The number of aromatic amines is 1. The van der Waals surface area contributed by atoms with Crippen LogP contribution in [0.5, 0.6) is 0 Å². The lowest BCUT2D eigenvalue weighted by atomic mass is 10.3. The molecule has 0 spiro atoms. The van der Waals surface area contributed by atoms with E-state index >= 15 is 0 Å². The third-order valence-electron chi connectivity index (χ3n) is 1.98. The fourth-order valence-corrected chi connectivity index (χ4v) is 1.90. The standard InChI is InChI=1S/C10H10N4OS/c1-6-4-9(13-5-7(6)11)16-10-12-3-2-8(15)14-10/h2-5H,11H2,1H3,(H,12,14,15). The Morgan fingerprint density at radius 3 is 2.94 bits per heavy atom. The zero-order valence-corrected chi connectivity index (χ0v) is 9.41. The van der Waals surface area contributed by atoms with Gasteiger partial charge in [0, 0.05) is 12.3 Å². The van der Waals surface area contributed by atoms with E-state index in [-0.39, 0.29) is 5.56 Å². The van der Waals surface area contributed by atoms with E-state index in [0.29, 0.717) is 10.8 Å². The van der Waals surface area contributed by atoms with E-state index in [1.54, 1.807) is 6.20 Å². The van der Waals surface area contributed by atoms with Gasteiger partial charge < -0.3 is 10.7 Å². The molecule has 0 aliphatic carbocycles. The topological polar surface area (TPSA) is 84.7 Å². The maximum Gasteiger partial charge on any atom is 0.251 e. The molecule has 0 saturated heterocycles. The zero-order chi connectivity index (χ0) is 11.5. The van der Waals surface area contributed by atoms with Crippen LogP contribution in [0.15, 0.2) is 39.5 Å². The van der Waals surface area contributed by atoms with Crippen molar-refractivity contribution in [1.82, 2.24) is 15.0 Å². The predicted molar refractivity (Wildman–Crippen MR) is 62.4 cm³/mol. The minimum Gasteiger partial charge on any atom is -0.397 e. The molecular formula is C10H10N4OS. The van der Waals surface area contributed by atoms with Gasteiger partial charge >= 0.3 is 0 Å². The van der Waals surface area contributed by atoms with Gasteiger partial charge in [0.15, 0.2) is 5.16 Å². The minimum atomic E-state index is -0.176. The lowest BCUT2D eigenvalue weighted by molar-refractivity contribution is 0.931. The number of nitrogens with one attached hydrogen (secondary N) is 1. The molecule has 0 aliphatic heterocycles. The minimum absolute atomic E-state index is 0.176. The molecule has 2 heterocycles. The molecule has 0 saturated carbocycles. The van der Waals surface area contributed by atoms with Gasteiger partial charge in [0.2, 0.25) is 0 Å². The highest BCUT2D eigenvalue weighted by molar-refractivity contribution is 7.99. The van der Waals surface area contributed by atoms with E-state index in [1.807, 2.05) is 13.0 Å². The Morgan fingerprint density at radius 1 is 1.44 bits per heavy atom. The van der Waals surface area contributed by atoms with Crippen molar-refractivity contribution in [3.8, 4) is 0 Å². The molecule has 2 aromatic rings. The second-order valence-electron chi connectivity index (χ2n) is 3.22. The molecule has 0 bridgehead atoms. The summed E-state index contributed by atoms with van der Waals surface area (Å²) in [6, 6.07) is 3.22. The number of hydrogen-bond acceptors (Lipinski definition) is 5. The molecule has 0 atom stereocenters. The van der Waals surface area contributed by atoms with Crippen LogP contribution >= 0.6 is 11.8 Å². The van der Waals surface area contributed by atoms with Crippen LogP contribution in [0.3, 0.4) is 0 Å². The van der Waals surface area contributed by atoms with E-state index in [1.165, 1.54) is 24.0 Å². The van der Waals surface area contributed by atoms with Gasteiger partial charge in [-0.3, -0.25) is 4.79 Å². The summed E-state index contributed by atoms with van der Waals surface area (Å²) in [7, 11) is 0. The highest BCUT2D eigenvalue weighted by atomic mass is 32.2. The molecule has 0 unspecified atom stereocenters. The number of nitrogens with two attached hydrogens (primary N) is 1. The molecule has 5 nitrogen and oxygen atoms in total. The molecule has 2 rings (SSSR count). The van der Waals surface area contributed by atoms with Crippen LogP contribution < -0.4 is 11.3 Å². The number of anilines is 1. The fraction of sp³-hybridized carbons (Fsp3) is 0.100. The van der Waals surface area contributed by atoms with Crippen LogP contribution in [-0.2, 0) is 0 Å². The van der Waals surface area contributed by atoms with E-state index in [4.69, 9.17) is 5.73 Å². The summed E-state index contributed by atoms with van der Waals surface area (Å²) >= 11 is 1.29. The summed E-state index contributed by atoms with van der Waals surface area (Å²) in [5.41, 5.74) is 7.09. The summed E-state index contributed by atoms with van der Waals surface area (Å²) in [6.45, 7) is 1.90. The summed E-state index contributed by atoms with van der Waals surface area (Å²) in [4.78, 5) is 21.8. The monoisotopic (exact) mass is 234 g/mol. The van der Waals surface area contributed by atoms with Gasteiger partial charge in [-0.2, -0.15) is 0 Å². The van der Waals surface area contributed by atoms with Gasteiger partial charge in [-0.1, -0.05) is 0 Å². The molecule has 0 aromatic carbocycles. The number of nitrogen functional groups attached to an aromatic ring is 1. The van der Waals surface area contributed by atoms with Crippen LogP contribution in [0.2, 0.25) is 0 Å². The van der Waals surface area contributed by atoms with Crippen molar-refractivity contribution in [2.24, 2.45) is 0 Å². The summed E-state index contributed by atoms with van der Waals surface area (Å²) in [5, 5.41) is 1.27. The van der Waals surface area contributed by atoms with Crippen molar-refractivity contribution in [2.75, 3.05) is 5.73 Å². The van der Waals surface area contributed by atoms with E-state index in [0.717, 1.165) is 10.6 Å². The Bertz CT molecular complexity index is 567. The SMILES string of the molecule is Cc1cc(Sc2nccc(=O)[nH]2)ncc1N. The number of aryl methyl sites for hydroxylation is 1. The molecule has 3 N–H and O–H groups in total. The molecule has 0 fully saturated rings. The summed E-state index contributed by atoms with van der Waals surface area (Å²) < 4.78 is 0. The van der Waals surface area contributed by atoms with Crippen molar-refractivity contribution in [3.63, 3.8) is 0 Å². The summed E-state index contributed by atoms with van der Waals surface area (Å²) in [5.74, 6) is 0. The first-order chi connectivity index (χ1) is 7.65. The highest BCUT2D eigenvalue weighted by Gasteiger charge is 2.02. The third-order valence-corrected chi connectivity index (χ3v) is 2.81. The molecule has 82 valence electrons. The zero-order valence-electron chi connectivity index (χ0n) is 8.60. The molecule has 2 aromatic heterocycles. The van der Waals surface area contributed by atoms with Crippen LogP contribution in [0, 0.1) is 6.92 Å². The Labute approximate surface area is 96.1 Å². The molecule has 0 amide bonds. The maximum atomic E-state index is 11.1. The first-order valence-corrected chi connectivity index (χ1v) is 5.42. The molecule has 0 aliphatic rings. The quantitative estimate of drug-likeness (QED) is 0.763. The number of nitrogens with zero attached hydrogens (tertiary/aromatic N) is 2. The third kappa shape index (κ3) is 2.40. The highest BCUT2D eigenvalue weighted by Crippen LogP contribution is 2.23. The van der Waals surface area contributed by atoms with Gasteiger partial charge in [0.25, 0.3) is 5.56 Å². The Balaban J connectivity index is 2.27. The van der Waals surface area contributed by atoms with E-state index < -0.39 is 0 Å². The normalized spacial score (nSPS) is 10.3. The van der Waals surface area contributed by atoms with Crippen molar-refractivity contribution < 1.29 is 0 Å². The van der Waals surface area contributed by atoms with Gasteiger partial charge in [-0.15, -0.1) is 0 Å². The van der Waals surface area contributed by atoms with Crippen LogP contribution in [0.4, 0.5) is 5.69 Å². The molecule has 6 heteroatoms. The number of aromatic nitrogens is 3. The van der Waals surface area contributed by atoms with Crippen molar-refractivity contribution >= 4 is 17.4 Å². The van der Waals surface area contributed by atoms with Gasteiger partial charge in [0.1, 0.15) is 5.03 Å². The average Bonchev–Trinajstić information content (AvgIpc) is 2.24. The first-order valence-electron chi connectivity index (χ1n) is 4.60. The predicted octanol–water partition coefficient (Wildman–Crippen LogP) is 1.21. The molecule has 0 radical (unpaired) electrons. The lowest BCUT2D eigenvalue weighted by Crippen LogP contribution is -2.05. The van der Waals surface area contributed by atoms with Crippen LogP contribution in [0.25, 0.3) is 0 Å². The lowest BCUT2D eigenvalue weighted by Gasteiger charge is -2.02. The second-order valence-corrected chi connectivity index (χ2v) is 4.23. The van der Waals surface area contributed by atoms with E-state index in [9.17, 15) is 4.79 Å².